The first kappa shape index (κ1) is 22.7. The maximum absolute atomic E-state index is 12.8. The molecule has 30 heavy (non-hydrogen) atoms. The Balaban J connectivity index is 1.49. The number of likely N-dealkylation sites (tertiary alicyclic amines) is 1. The number of sulfonamides is 1. The second-order valence-corrected chi connectivity index (χ2v) is 9.94. The minimum atomic E-state index is -3.12. The largest absolute Gasteiger partial charge is 0.466 e. The number of piperazine rings is 1. The standard InChI is InChI=1S/C21H31N3O5S/c1-3-29-21(26)19-8-10-23(11-9-19)20(25)18-6-4-17(5-7-18)16-22-12-14-24(15-13-22)30(2,27)28/h4-7,19H,3,8-16H2,1-2H3. The van der Waals surface area contributed by atoms with Crippen LogP contribution in [-0.4, -0.2) is 86.5 Å². The lowest BCUT2D eigenvalue weighted by Gasteiger charge is -2.33. The third kappa shape index (κ3) is 5.80. The van der Waals surface area contributed by atoms with Crippen LogP contribution >= 0.6 is 0 Å². The van der Waals surface area contributed by atoms with E-state index in [1.165, 1.54) is 10.6 Å². The molecule has 1 aromatic carbocycles. The summed E-state index contributed by atoms with van der Waals surface area (Å²) in [6.45, 7) is 6.47. The number of amides is 1. The number of esters is 1. The van der Waals surface area contributed by atoms with Gasteiger partial charge in [0, 0.05) is 51.4 Å². The highest BCUT2D eigenvalue weighted by atomic mass is 32.2. The molecule has 0 aromatic heterocycles. The molecule has 2 fully saturated rings. The molecule has 2 aliphatic heterocycles. The third-order valence-corrected chi connectivity index (χ3v) is 7.11. The zero-order valence-electron chi connectivity index (χ0n) is 17.7. The number of rotatable bonds is 6. The van der Waals surface area contributed by atoms with Crippen molar-refractivity contribution in [1.82, 2.24) is 14.1 Å². The molecule has 1 amide bonds. The van der Waals surface area contributed by atoms with Gasteiger partial charge in [0.1, 0.15) is 0 Å². The van der Waals surface area contributed by atoms with Crippen molar-refractivity contribution in [3.8, 4) is 0 Å². The molecule has 0 radical (unpaired) electrons. The van der Waals surface area contributed by atoms with Crippen molar-refractivity contribution in [1.29, 1.82) is 0 Å². The highest BCUT2D eigenvalue weighted by Gasteiger charge is 2.28. The smallest absolute Gasteiger partial charge is 0.309 e. The molecule has 0 spiro atoms. The Bertz CT molecular complexity index is 840. The Kier molecular flexibility index (Phi) is 7.49. The average Bonchev–Trinajstić information content (AvgIpc) is 2.74. The molecule has 0 unspecified atom stereocenters. The topological polar surface area (TPSA) is 87.2 Å². The number of carbonyl (C=O) groups excluding carboxylic acids is 2. The number of ether oxygens (including phenoxy) is 1. The van der Waals surface area contributed by atoms with Gasteiger partial charge >= 0.3 is 5.97 Å². The predicted molar refractivity (Wildman–Crippen MR) is 113 cm³/mol. The number of piperidine rings is 1. The Morgan fingerprint density at radius 3 is 2.13 bits per heavy atom. The molecule has 0 atom stereocenters. The summed E-state index contributed by atoms with van der Waals surface area (Å²) in [5, 5.41) is 0. The van der Waals surface area contributed by atoms with Crippen LogP contribution in [0.2, 0.25) is 0 Å². The van der Waals surface area contributed by atoms with Gasteiger partial charge in [-0.2, -0.15) is 4.31 Å². The molecule has 0 aliphatic carbocycles. The summed E-state index contributed by atoms with van der Waals surface area (Å²) in [5.74, 6) is -0.281. The summed E-state index contributed by atoms with van der Waals surface area (Å²) in [6.07, 6.45) is 2.53. The SMILES string of the molecule is CCOC(=O)C1CCN(C(=O)c2ccc(CN3CCN(S(C)(=O)=O)CC3)cc2)CC1. The highest BCUT2D eigenvalue weighted by Crippen LogP contribution is 2.21. The van der Waals surface area contributed by atoms with Gasteiger partial charge in [0.15, 0.2) is 0 Å². The first-order chi connectivity index (χ1) is 14.3. The molecule has 3 rings (SSSR count). The number of nitrogens with zero attached hydrogens (tertiary/aromatic N) is 3. The lowest BCUT2D eigenvalue weighted by molar-refractivity contribution is -0.149. The molecule has 0 bridgehead atoms. The fraction of sp³-hybridized carbons (Fsp3) is 0.619. The Morgan fingerprint density at radius 1 is 1.00 bits per heavy atom. The maximum atomic E-state index is 12.8. The lowest BCUT2D eigenvalue weighted by Crippen LogP contribution is -2.47. The Labute approximate surface area is 178 Å². The Morgan fingerprint density at radius 2 is 1.60 bits per heavy atom. The summed E-state index contributed by atoms with van der Waals surface area (Å²) in [4.78, 5) is 28.6. The predicted octanol–water partition coefficient (Wildman–Crippen LogP) is 1.18. The quantitative estimate of drug-likeness (QED) is 0.621. The van der Waals surface area contributed by atoms with Crippen molar-refractivity contribution >= 4 is 21.9 Å². The van der Waals surface area contributed by atoms with Crippen LogP contribution in [0.1, 0.15) is 35.7 Å². The van der Waals surface area contributed by atoms with E-state index in [-0.39, 0.29) is 17.8 Å². The van der Waals surface area contributed by atoms with E-state index in [9.17, 15) is 18.0 Å². The number of hydrogen-bond acceptors (Lipinski definition) is 6. The van der Waals surface area contributed by atoms with Gasteiger partial charge in [0.05, 0.1) is 18.8 Å². The van der Waals surface area contributed by atoms with E-state index in [0.29, 0.717) is 64.3 Å². The molecular weight excluding hydrogens is 406 g/mol. The van der Waals surface area contributed by atoms with E-state index in [2.05, 4.69) is 4.90 Å². The van der Waals surface area contributed by atoms with Crippen molar-refractivity contribution in [2.24, 2.45) is 5.92 Å². The van der Waals surface area contributed by atoms with Gasteiger partial charge in [-0.25, -0.2) is 8.42 Å². The van der Waals surface area contributed by atoms with Crippen LogP contribution < -0.4 is 0 Å². The van der Waals surface area contributed by atoms with Crippen molar-refractivity contribution in [3.05, 3.63) is 35.4 Å². The van der Waals surface area contributed by atoms with Gasteiger partial charge in [-0.15, -0.1) is 0 Å². The number of hydrogen-bond donors (Lipinski definition) is 0. The summed E-state index contributed by atoms with van der Waals surface area (Å²) in [6, 6.07) is 7.62. The third-order valence-electron chi connectivity index (χ3n) is 5.81. The zero-order chi connectivity index (χ0) is 21.7. The first-order valence-electron chi connectivity index (χ1n) is 10.5. The van der Waals surface area contributed by atoms with Gasteiger partial charge in [-0.3, -0.25) is 14.5 Å². The molecular formula is C21H31N3O5S. The molecule has 2 saturated heterocycles. The van der Waals surface area contributed by atoms with E-state index in [1.54, 1.807) is 11.8 Å². The van der Waals surface area contributed by atoms with Gasteiger partial charge in [-0.05, 0) is 37.5 Å². The lowest BCUT2D eigenvalue weighted by atomic mass is 9.96. The van der Waals surface area contributed by atoms with Gasteiger partial charge < -0.3 is 9.64 Å². The molecule has 166 valence electrons. The average molecular weight is 438 g/mol. The fourth-order valence-corrected chi connectivity index (χ4v) is 4.82. The normalized spacial score (nSPS) is 19.6. The van der Waals surface area contributed by atoms with E-state index >= 15 is 0 Å². The minimum absolute atomic E-state index is 0.00868. The number of carbonyl (C=O) groups is 2. The first-order valence-corrected chi connectivity index (χ1v) is 12.3. The van der Waals surface area contributed by atoms with Crippen molar-refractivity contribution in [2.75, 3.05) is 52.1 Å². The highest BCUT2D eigenvalue weighted by molar-refractivity contribution is 7.88. The summed E-state index contributed by atoms with van der Waals surface area (Å²) in [7, 11) is -3.12. The second-order valence-electron chi connectivity index (χ2n) is 7.95. The van der Waals surface area contributed by atoms with Crippen LogP contribution in [0.5, 0.6) is 0 Å². The van der Waals surface area contributed by atoms with E-state index < -0.39 is 10.0 Å². The summed E-state index contributed by atoms with van der Waals surface area (Å²) >= 11 is 0. The van der Waals surface area contributed by atoms with Crippen LogP contribution in [0.3, 0.4) is 0 Å². The van der Waals surface area contributed by atoms with Crippen LogP contribution in [-0.2, 0) is 26.1 Å². The maximum Gasteiger partial charge on any atom is 0.309 e. The summed E-state index contributed by atoms with van der Waals surface area (Å²) < 4.78 is 29.8. The molecule has 0 N–H and O–H groups in total. The summed E-state index contributed by atoms with van der Waals surface area (Å²) in [5.41, 5.74) is 1.75. The van der Waals surface area contributed by atoms with E-state index in [1.807, 2.05) is 24.3 Å². The van der Waals surface area contributed by atoms with Gasteiger partial charge in [0.2, 0.25) is 10.0 Å². The van der Waals surface area contributed by atoms with Crippen molar-refractivity contribution < 1.29 is 22.7 Å². The van der Waals surface area contributed by atoms with Crippen LogP contribution in [0.4, 0.5) is 0 Å². The molecule has 1 aromatic rings. The van der Waals surface area contributed by atoms with Crippen molar-refractivity contribution in [3.63, 3.8) is 0 Å². The molecule has 8 nitrogen and oxygen atoms in total. The molecule has 2 aliphatic rings. The fourth-order valence-electron chi connectivity index (χ4n) is 3.99. The minimum Gasteiger partial charge on any atom is -0.466 e. The molecule has 0 saturated carbocycles. The van der Waals surface area contributed by atoms with Crippen LogP contribution in [0.15, 0.2) is 24.3 Å². The molecule has 9 heteroatoms. The van der Waals surface area contributed by atoms with Gasteiger partial charge in [0.25, 0.3) is 5.91 Å². The molecule has 2 heterocycles. The van der Waals surface area contributed by atoms with Gasteiger partial charge in [-0.1, -0.05) is 12.1 Å². The van der Waals surface area contributed by atoms with Crippen molar-refractivity contribution in [2.45, 2.75) is 26.3 Å². The van der Waals surface area contributed by atoms with Crippen LogP contribution in [0.25, 0.3) is 0 Å². The zero-order valence-corrected chi connectivity index (χ0v) is 18.6. The Hall–Kier alpha value is -1.97. The second kappa shape index (κ2) is 9.89. The van der Waals surface area contributed by atoms with E-state index in [0.717, 1.165) is 12.1 Å². The van der Waals surface area contributed by atoms with E-state index in [4.69, 9.17) is 4.74 Å². The van der Waals surface area contributed by atoms with Crippen LogP contribution in [0, 0.1) is 5.92 Å². The monoisotopic (exact) mass is 437 g/mol. The number of benzene rings is 1.